The van der Waals surface area contributed by atoms with Gasteiger partial charge in [-0.3, -0.25) is 4.79 Å². The first-order chi connectivity index (χ1) is 10.7. The van der Waals surface area contributed by atoms with Gasteiger partial charge in [0.25, 0.3) is 0 Å². The van der Waals surface area contributed by atoms with Gasteiger partial charge in [-0.1, -0.05) is 11.6 Å². The van der Waals surface area contributed by atoms with E-state index in [2.05, 4.69) is 4.98 Å². The maximum Gasteiger partial charge on any atom is 0.144 e. The first-order valence-corrected chi connectivity index (χ1v) is 7.95. The smallest absolute Gasteiger partial charge is 0.144 e. The van der Waals surface area contributed by atoms with Crippen LogP contribution in [0.5, 0.6) is 0 Å². The molecule has 0 aliphatic carbocycles. The van der Waals surface area contributed by atoms with Gasteiger partial charge >= 0.3 is 0 Å². The second kappa shape index (κ2) is 6.60. The summed E-state index contributed by atoms with van der Waals surface area (Å²) >= 11 is 7.43. The molecule has 0 bridgehead atoms. The van der Waals surface area contributed by atoms with E-state index in [0.29, 0.717) is 30.1 Å². The van der Waals surface area contributed by atoms with E-state index in [0.717, 1.165) is 20.8 Å². The number of ether oxygens (including phenoxy) is 1. The molecular weight excluding hydrogens is 322 g/mol. The van der Waals surface area contributed by atoms with Crippen molar-refractivity contribution in [2.24, 2.45) is 0 Å². The maximum atomic E-state index is 12.2. The van der Waals surface area contributed by atoms with Crippen LogP contribution >= 0.6 is 22.9 Å². The van der Waals surface area contributed by atoms with Crippen molar-refractivity contribution in [1.29, 1.82) is 0 Å². The lowest BCUT2D eigenvalue weighted by molar-refractivity contribution is -0.117. The molecule has 0 saturated carbocycles. The molecule has 22 heavy (non-hydrogen) atoms. The second-order valence-corrected chi connectivity index (χ2v) is 6.58. The number of fused-ring (bicyclic) bond motifs is 1. The van der Waals surface area contributed by atoms with E-state index in [1.807, 2.05) is 6.07 Å². The Kier molecular flexibility index (Phi) is 4.57. The van der Waals surface area contributed by atoms with Crippen molar-refractivity contribution in [3.05, 3.63) is 51.1 Å². The van der Waals surface area contributed by atoms with Crippen LogP contribution in [0, 0.1) is 0 Å². The number of carbonyl (C=O) groups is 1. The third-order valence-electron chi connectivity index (χ3n) is 3.24. The van der Waals surface area contributed by atoms with Crippen molar-refractivity contribution in [2.45, 2.75) is 19.4 Å². The second-order valence-electron chi connectivity index (χ2n) is 4.95. The van der Waals surface area contributed by atoms with Crippen LogP contribution in [0.1, 0.15) is 15.4 Å². The number of rotatable bonds is 6. The molecule has 4 nitrogen and oxygen atoms in total. The number of hydrogen-bond donors (Lipinski definition) is 0. The van der Waals surface area contributed by atoms with Gasteiger partial charge in [0.2, 0.25) is 0 Å². The highest BCUT2D eigenvalue weighted by Gasteiger charge is 2.13. The average Bonchev–Trinajstić information content (AvgIpc) is 3.07. The summed E-state index contributed by atoms with van der Waals surface area (Å²) in [6.45, 7) is 0.527. The zero-order valence-electron chi connectivity index (χ0n) is 12.0. The third-order valence-corrected chi connectivity index (χ3v) is 4.45. The number of ketones is 1. The number of carbonyl (C=O) groups excluding carboxylic acids is 1. The lowest BCUT2D eigenvalue weighted by Crippen LogP contribution is -2.05. The molecule has 0 unspecified atom stereocenters. The monoisotopic (exact) mass is 335 g/mol. The fourth-order valence-electron chi connectivity index (χ4n) is 2.28. The lowest BCUT2D eigenvalue weighted by atomic mass is 10.1. The van der Waals surface area contributed by atoms with E-state index < -0.39 is 0 Å². The molecular formula is C16H14ClNO3S. The van der Waals surface area contributed by atoms with Gasteiger partial charge in [0.05, 0.1) is 24.2 Å². The fraction of sp³-hybridized carbons (Fsp3) is 0.250. The highest BCUT2D eigenvalue weighted by molar-refractivity contribution is 7.11. The molecule has 2 aromatic heterocycles. The molecule has 0 atom stereocenters. The number of aromatic nitrogens is 1. The first-order valence-electron chi connectivity index (χ1n) is 6.75. The van der Waals surface area contributed by atoms with Crippen LogP contribution in [0.4, 0.5) is 0 Å². The maximum absolute atomic E-state index is 12.2. The molecule has 0 fully saturated rings. The zero-order chi connectivity index (χ0) is 15.5. The van der Waals surface area contributed by atoms with Crippen LogP contribution in [0.25, 0.3) is 11.0 Å². The van der Waals surface area contributed by atoms with Gasteiger partial charge in [-0.05, 0) is 18.2 Å². The van der Waals surface area contributed by atoms with Gasteiger partial charge in [0.1, 0.15) is 16.4 Å². The van der Waals surface area contributed by atoms with Crippen LogP contribution in [0.3, 0.4) is 0 Å². The molecule has 0 spiro atoms. The Morgan fingerprint density at radius 2 is 2.27 bits per heavy atom. The predicted octanol–water partition coefficient (Wildman–Crippen LogP) is 4.04. The molecule has 0 radical (unpaired) electrons. The van der Waals surface area contributed by atoms with Crippen molar-refractivity contribution < 1.29 is 13.9 Å². The quantitative estimate of drug-likeness (QED) is 0.682. The average molecular weight is 336 g/mol. The summed E-state index contributed by atoms with van der Waals surface area (Å²) in [5.41, 5.74) is 1.58. The van der Waals surface area contributed by atoms with Gasteiger partial charge in [-0.25, -0.2) is 4.98 Å². The summed E-state index contributed by atoms with van der Waals surface area (Å²) in [5.74, 6) is 0.107. The molecule has 114 valence electrons. The number of thiazole rings is 1. The SMILES string of the molecule is COCc1cnc(CC(=O)Cc2coc3cc(Cl)ccc23)s1. The minimum absolute atomic E-state index is 0.107. The topological polar surface area (TPSA) is 52.3 Å². The number of halogens is 1. The first kappa shape index (κ1) is 15.2. The highest BCUT2D eigenvalue weighted by atomic mass is 35.5. The van der Waals surface area contributed by atoms with Crippen LogP contribution in [0.2, 0.25) is 5.02 Å². The summed E-state index contributed by atoms with van der Waals surface area (Å²) in [6, 6.07) is 5.43. The predicted molar refractivity (Wildman–Crippen MR) is 86.5 cm³/mol. The molecule has 3 rings (SSSR count). The highest BCUT2D eigenvalue weighted by Crippen LogP contribution is 2.25. The summed E-state index contributed by atoms with van der Waals surface area (Å²) in [5, 5.41) is 2.36. The van der Waals surface area contributed by atoms with Gasteiger partial charge < -0.3 is 9.15 Å². The molecule has 1 aromatic carbocycles. The largest absolute Gasteiger partial charge is 0.464 e. The fourth-order valence-corrected chi connectivity index (χ4v) is 3.36. The summed E-state index contributed by atoms with van der Waals surface area (Å²) < 4.78 is 10.5. The van der Waals surface area contributed by atoms with Crippen molar-refractivity contribution in [3.8, 4) is 0 Å². The van der Waals surface area contributed by atoms with Crippen LogP contribution < -0.4 is 0 Å². The van der Waals surface area contributed by atoms with E-state index >= 15 is 0 Å². The standard InChI is InChI=1S/C16H14ClNO3S/c1-20-9-13-7-18-16(22-13)6-12(19)4-10-8-21-15-5-11(17)2-3-14(10)15/h2-3,5,7-8H,4,6,9H2,1H3. The summed E-state index contributed by atoms with van der Waals surface area (Å²) in [7, 11) is 1.64. The third kappa shape index (κ3) is 3.38. The molecule has 0 saturated heterocycles. The Hall–Kier alpha value is -1.69. The number of Topliss-reactive ketones (excluding diaryl/α,β-unsaturated/α-hetero) is 1. The Balaban J connectivity index is 1.70. The van der Waals surface area contributed by atoms with E-state index in [4.69, 9.17) is 20.8 Å². The summed E-state index contributed by atoms with van der Waals surface area (Å²) in [4.78, 5) is 17.5. The van der Waals surface area contributed by atoms with Gasteiger partial charge in [0.15, 0.2) is 0 Å². The van der Waals surface area contributed by atoms with Crippen LogP contribution in [0.15, 0.2) is 35.1 Å². The lowest BCUT2D eigenvalue weighted by Gasteiger charge is -1.97. The Morgan fingerprint density at radius 1 is 1.41 bits per heavy atom. The van der Waals surface area contributed by atoms with E-state index in [1.165, 1.54) is 11.3 Å². The van der Waals surface area contributed by atoms with E-state index in [9.17, 15) is 4.79 Å². The molecule has 6 heteroatoms. The molecule has 2 heterocycles. The van der Waals surface area contributed by atoms with Gasteiger partial charge in [0, 0.05) is 35.7 Å². The van der Waals surface area contributed by atoms with E-state index in [1.54, 1.807) is 31.7 Å². The number of methoxy groups -OCH3 is 1. The number of benzene rings is 1. The van der Waals surface area contributed by atoms with Crippen LogP contribution in [-0.2, 0) is 29.0 Å². The minimum Gasteiger partial charge on any atom is -0.464 e. The molecule has 0 amide bonds. The summed E-state index contributed by atoms with van der Waals surface area (Å²) in [6.07, 6.45) is 4.03. The minimum atomic E-state index is 0.107. The molecule has 3 aromatic rings. The Morgan fingerprint density at radius 3 is 3.09 bits per heavy atom. The normalized spacial score (nSPS) is 11.2. The number of furan rings is 1. The van der Waals surface area contributed by atoms with Gasteiger partial charge in [-0.2, -0.15) is 0 Å². The Labute approximate surface area is 136 Å². The van der Waals surface area contributed by atoms with Gasteiger partial charge in [-0.15, -0.1) is 11.3 Å². The molecule has 0 aliphatic heterocycles. The number of hydrogen-bond acceptors (Lipinski definition) is 5. The zero-order valence-corrected chi connectivity index (χ0v) is 13.5. The number of nitrogens with zero attached hydrogens (tertiary/aromatic N) is 1. The molecule has 0 N–H and O–H groups in total. The van der Waals surface area contributed by atoms with E-state index in [-0.39, 0.29) is 5.78 Å². The van der Waals surface area contributed by atoms with Crippen molar-refractivity contribution in [2.75, 3.05) is 7.11 Å². The van der Waals surface area contributed by atoms with Crippen molar-refractivity contribution in [1.82, 2.24) is 4.98 Å². The van der Waals surface area contributed by atoms with Crippen LogP contribution in [-0.4, -0.2) is 17.9 Å². The van der Waals surface area contributed by atoms with Crippen molar-refractivity contribution in [3.63, 3.8) is 0 Å². The van der Waals surface area contributed by atoms with Crippen molar-refractivity contribution >= 4 is 39.7 Å². The Bertz CT molecular complexity index is 809. The molecule has 0 aliphatic rings.